The van der Waals surface area contributed by atoms with Gasteiger partial charge in [-0.2, -0.15) is 0 Å². The second-order valence-electron chi connectivity index (χ2n) is 5.67. The molecule has 2 rings (SSSR count). The molecule has 0 aliphatic heterocycles. The molecule has 0 spiro atoms. The molecule has 1 saturated carbocycles. The summed E-state index contributed by atoms with van der Waals surface area (Å²) >= 11 is 0. The summed E-state index contributed by atoms with van der Waals surface area (Å²) in [6.45, 7) is 4.05. The van der Waals surface area contributed by atoms with Gasteiger partial charge in [0.2, 0.25) is 5.91 Å². The molecule has 3 heteroatoms. The van der Waals surface area contributed by atoms with E-state index in [-0.39, 0.29) is 17.4 Å². The van der Waals surface area contributed by atoms with Crippen molar-refractivity contribution < 1.29 is 4.79 Å². The van der Waals surface area contributed by atoms with Gasteiger partial charge in [0.05, 0.1) is 0 Å². The van der Waals surface area contributed by atoms with E-state index in [4.69, 9.17) is 5.73 Å². The Morgan fingerprint density at radius 2 is 2.00 bits per heavy atom. The Balaban J connectivity index is 2.19. The molecule has 1 aliphatic rings. The minimum atomic E-state index is -0.162. The second-order valence-corrected chi connectivity index (χ2v) is 5.67. The van der Waals surface area contributed by atoms with Crippen LogP contribution in [0.5, 0.6) is 0 Å². The SMILES string of the molecule is CCC1(C(=O)Nc2ccccc2C(C)N)CCCC1. The maximum Gasteiger partial charge on any atom is 0.230 e. The summed E-state index contributed by atoms with van der Waals surface area (Å²) in [6.07, 6.45) is 5.26. The highest BCUT2D eigenvalue weighted by atomic mass is 16.2. The first-order chi connectivity index (χ1) is 9.09. The molecule has 0 heterocycles. The number of amides is 1. The molecular weight excluding hydrogens is 236 g/mol. The number of hydrogen-bond donors (Lipinski definition) is 2. The minimum Gasteiger partial charge on any atom is -0.325 e. The molecule has 1 fully saturated rings. The van der Waals surface area contributed by atoms with Crippen LogP contribution in [0.2, 0.25) is 0 Å². The van der Waals surface area contributed by atoms with Crippen LogP contribution in [0.15, 0.2) is 24.3 Å². The Morgan fingerprint density at radius 3 is 2.58 bits per heavy atom. The highest BCUT2D eigenvalue weighted by Crippen LogP contribution is 2.42. The van der Waals surface area contributed by atoms with Gasteiger partial charge >= 0.3 is 0 Å². The lowest BCUT2D eigenvalue weighted by atomic mass is 9.82. The number of rotatable bonds is 4. The van der Waals surface area contributed by atoms with Gasteiger partial charge in [-0.25, -0.2) is 0 Å². The molecule has 104 valence electrons. The fraction of sp³-hybridized carbons (Fsp3) is 0.562. The third kappa shape index (κ3) is 2.81. The van der Waals surface area contributed by atoms with E-state index in [1.54, 1.807) is 0 Å². The van der Waals surface area contributed by atoms with Crippen molar-refractivity contribution in [1.29, 1.82) is 0 Å². The monoisotopic (exact) mass is 260 g/mol. The zero-order valence-electron chi connectivity index (χ0n) is 11.9. The van der Waals surface area contributed by atoms with Crippen LogP contribution in [0.3, 0.4) is 0 Å². The molecule has 0 saturated heterocycles. The number of para-hydroxylation sites is 1. The number of nitrogens with one attached hydrogen (secondary N) is 1. The van der Waals surface area contributed by atoms with Gasteiger partial charge in [-0.15, -0.1) is 0 Å². The van der Waals surface area contributed by atoms with E-state index in [2.05, 4.69) is 12.2 Å². The summed E-state index contributed by atoms with van der Waals surface area (Å²) in [5.41, 5.74) is 7.66. The first-order valence-electron chi connectivity index (χ1n) is 7.25. The zero-order chi connectivity index (χ0) is 13.9. The van der Waals surface area contributed by atoms with Crippen LogP contribution in [0.25, 0.3) is 0 Å². The zero-order valence-corrected chi connectivity index (χ0v) is 11.9. The highest BCUT2D eigenvalue weighted by molar-refractivity contribution is 5.96. The maximum atomic E-state index is 12.6. The second kappa shape index (κ2) is 5.74. The third-order valence-electron chi connectivity index (χ3n) is 4.42. The topological polar surface area (TPSA) is 55.1 Å². The fourth-order valence-electron chi connectivity index (χ4n) is 3.06. The lowest BCUT2D eigenvalue weighted by Gasteiger charge is -2.27. The third-order valence-corrected chi connectivity index (χ3v) is 4.42. The van der Waals surface area contributed by atoms with Gasteiger partial charge in [-0.3, -0.25) is 4.79 Å². The number of benzene rings is 1. The summed E-state index contributed by atoms with van der Waals surface area (Å²) in [4.78, 5) is 12.6. The van der Waals surface area contributed by atoms with E-state index in [0.29, 0.717) is 0 Å². The lowest BCUT2D eigenvalue weighted by Crippen LogP contribution is -2.33. The predicted octanol–water partition coefficient (Wildman–Crippen LogP) is 3.62. The van der Waals surface area contributed by atoms with Gasteiger partial charge in [-0.1, -0.05) is 38.0 Å². The minimum absolute atomic E-state index is 0.0716. The first kappa shape index (κ1) is 14.1. The standard InChI is InChI=1S/C16H24N2O/c1-3-16(10-6-7-11-16)15(19)18-14-9-5-4-8-13(14)12(2)17/h4-5,8-9,12H,3,6-7,10-11,17H2,1-2H3,(H,18,19). The van der Waals surface area contributed by atoms with Crippen LogP contribution in [0.4, 0.5) is 5.69 Å². The maximum absolute atomic E-state index is 12.6. The summed E-state index contributed by atoms with van der Waals surface area (Å²) in [5, 5.41) is 3.11. The van der Waals surface area contributed by atoms with E-state index in [1.165, 1.54) is 0 Å². The van der Waals surface area contributed by atoms with Crippen LogP contribution in [-0.4, -0.2) is 5.91 Å². The smallest absolute Gasteiger partial charge is 0.230 e. The van der Waals surface area contributed by atoms with Gasteiger partial charge in [0.25, 0.3) is 0 Å². The van der Waals surface area contributed by atoms with Gasteiger partial charge in [-0.05, 0) is 37.8 Å². The normalized spacial score (nSPS) is 19.1. The molecule has 19 heavy (non-hydrogen) atoms. The lowest BCUT2D eigenvalue weighted by molar-refractivity contribution is -0.125. The molecule has 1 unspecified atom stereocenters. The van der Waals surface area contributed by atoms with E-state index in [9.17, 15) is 4.79 Å². The van der Waals surface area contributed by atoms with Crippen LogP contribution in [-0.2, 0) is 4.79 Å². The molecule has 0 aromatic heterocycles. The Bertz CT molecular complexity index is 448. The molecule has 3 nitrogen and oxygen atoms in total. The van der Waals surface area contributed by atoms with Crippen LogP contribution < -0.4 is 11.1 Å². The molecule has 3 N–H and O–H groups in total. The van der Waals surface area contributed by atoms with Crippen LogP contribution >= 0.6 is 0 Å². The average molecular weight is 260 g/mol. The van der Waals surface area contributed by atoms with Crippen molar-refractivity contribution in [2.45, 2.75) is 52.0 Å². The number of carbonyl (C=O) groups excluding carboxylic acids is 1. The number of nitrogens with two attached hydrogens (primary N) is 1. The summed E-state index contributed by atoms with van der Waals surface area (Å²) in [5.74, 6) is 0.167. The van der Waals surface area contributed by atoms with E-state index < -0.39 is 0 Å². The molecule has 1 atom stereocenters. The summed E-state index contributed by atoms with van der Waals surface area (Å²) in [6, 6.07) is 7.74. The largest absolute Gasteiger partial charge is 0.325 e. The number of hydrogen-bond acceptors (Lipinski definition) is 2. The average Bonchev–Trinajstić information content (AvgIpc) is 2.89. The summed E-state index contributed by atoms with van der Waals surface area (Å²) < 4.78 is 0. The predicted molar refractivity (Wildman–Crippen MR) is 78.9 cm³/mol. The van der Waals surface area contributed by atoms with Gasteiger partial charge in [0.1, 0.15) is 0 Å². The molecule has 1 aromatic carbocycles. The van der Waals surface area contributed by atoms with E-state index in [1.807, 2.05) is 31.2 Å². The van der Waals surface area contributed by atoms with Crippen molar-refractivity contribution in [3.8, 4) is 0 Å². The van der Waals surface area contributed by atoms with Crippen molar-refractivity contribution in [3.05, 3.63) is 29.8 Å². The molecule has 1 amide bonds. The van der Waals surface area contributed by atoms with Crippen molar-refractivity contribution in [1.82, 2.24) is 0 Å². The van der Waals surface area contributed by atoms with E-state index in [0.717, 1.165) is 43.4 Å². The molecule has 1 aromatic rings. The fourth-order valence-corrected chi connectivity index (χ4v) is 3.06. The van der Waals surface area contributed by atoms with Crippen molar-refractivity contribution in [3.63, 3.8) is 0 Å². The van der Waals surface area contributed by atoms with Crippen molar-refractivity contribution in [2.24, 2.45) is 11.1 Å². The molecule has 0 bridgehead atoms. The molecule has 0 radical (unpaired) electrons. The van der Waals surface area contributed by atoms with Crippen LogP contribution in [0, 0.1) is 5.41 Å². The summed E-state index contributed by atoms with van der Waals surface area (Å²) in [7, 11) is 0. The molecule has 1 aliphatic carbocycles. The quantitative estimate of drug-likeness (QED) is 0.868. The Hall–Kier alpha value is -1.35. The van der Waals surface area contributed by atoms with Gasteiger partial charge < -0.3 is 11.1 Å². The highest BCUT2D eigenvalue weighted by Gasteiger charge is 2.39. The number of carbonyl (C=O) groups is 1. The Morgan fingerprint density at radius 1 is 1.37 bits per heavy atom. The Kier molecular flexibility index (Phi) is 4.25. The van der Waals surface area contributed by atoms with Crippen molar-refractivity contribution in [2.75, 3.05) is 5.32 Å². The van der Waals surface area contributed by atoms with Gasteiger partial charge in [0.15, 0.2) is 0 Å². The number of anilines is 1. The van der Waals surface area contributed by atoms with Crippen molar-refractivity contribution >= 4 is 11.6 Å². The molecular formula is C16H24N2O. The first-order valence-corrected chi connectivity index (χ1v) is 7.25. The van der Waals surface area contributed by atoms with E-state index >= 15 is 0 Å². The van der Waals surface area contributed by atoms with Gasteiger partial charge in [0, 0.05) is 17.1 Å². The van der Waals surface area contributed by atoms with Crippen LogP contribution in [0.1, 0.15) is 57.6 Å². The Labute approximate surface area is 115 Å².